The number of amides is 2. The Kier molecular flexibility index (Phi) is 9.47. The summed E-state index contributed by atoms with van der Waals surface area (Å²) in [5.74, 6) is 0.743. The van der Waals surface area contributed by atoms with E-state index in [1.165, 1.54) is 4.90 Å². The van der Waals surface area contributed by atoms with Crippen molar-refractivity contribution in [2.45, 2.75) is 53.4 Å². The lowest BCUT2D eigenvalue weighted by atomic mass is 9.94. The van der Waals surface area contributed by atoms with Crippen LogP contribution in [0.2, 0.25) is 0 Å². The maximum Gasteiger partial charge on any atom is 0.229 e. The Bertz CT molecular complexity index is 301. The second-order valence-corrected chi connectivity index (χ2v) is 6.27. The highest BCUT2D eigenvalue weighted by molar-refractivity contribution is 5.95. The van der Waals surface area contributed by atoms with E-state index in [9.17, 15) is 9.59 Å². The van der Waals surface area contributed by atoms with Gasteiger partial charge in [0.05, 0.1) is 0 Å². The molecule has 118 valence electrons. The fourth-order valence-electron chi connectivity index (χ4n) is 1.90. The summed E-state index contributed by atoms with van der Waals surface area (Å²) in [6, 6.07) is 0. The predicted octanol–water partition coefficient (Wildman–Crippen LogP) is 2.78. The van der Waals surface area contributed by atoms with Gasteiger partial charge in [-0.2, -0.15) is 0 Å². The molecule has 0 aromatic carbocycles. The Morgan fingerprint density at radius 3 is 2.05 bits per heavy atom. The molecule has 0 bridgehead atoms. The van der Waals surface area contributed by atoms with Gasteiger partial charge in [-0.3, -0.25) is 14.5 Å². The number of hydrogen-bond acceptors (Lipinski definition) is 3. The molecule has 0 aliphatic heterocycles. The van der Waals surface area contributed by atoms with Crippen LogP contribution in [0.15, 0.2) is 0 Å². The van der Waals surface area contributed by atoms with E-state index < -0.39 is 0 Å². The maximum absolute atomic E-state index is 12.3. The number of carbonyl (C=O) groups excluding carboxylic acids is 2. The molecule has 0 aliphatic rings. The molecule has 0 saturated heterocycles. The monoisotopic (exact) mass is 284 g/mol. The zero-order valence-corrected chi connectivity index (χ0v) is 14.1. The van der Waals surface area contributed by atoms with Crippen molar-refractivity contribution in [1.29, 1.82) is 0 Å². The van der Waals surface area contributed by atoms with E-state index >= 15 is 0 Å². The molecule has 0 heterocycles. The van der Waals surface area contributed by atoms with Crippen molar-refractivity contribution in [1.82, 2.24) is 9.80 Å². The third-order valence-corrected chi connectivity index (χ3v) is 3.69. The first-order chi connectivity index (χ1) is 9.29. The smallest absolute Gasteiger partial charge is 0.229 e. The lowest BCUT2D eigenvalue weighted by Crippen LogP contribution is -2.39. The van der Waals surface area contributed by atoms with E-state index in [0.717, 1.165) is 19.4 Å². The van der Waals surface area contributed by atoms with Gasteiger partial charge in [0.15, 0.2) is 0 Å². The molecule has 20 heavy (non-hydrogen) atoms. The van der Waals surface area contributed by atoms with Crippen LogP contribution in [-0.4, -0.2) is 48.8 Å². The summed E-state index contributed by atoms with van der Waals surface area (Å²) >= 11 is 0. The van der Waals surface area contributed by atoms with Crippen molar-refractivity contribution in [3.63, 3.8) is 0 Å². The number of nitrogens with zero attached hydrogens (tertiary/aromatic N) is 2. The van der Waals surface area contributed by atoms with Crippen LogP contribution in [0.5, 0.6) is 0 Å². The second-order valence-electron chi connectivity index (χ2n) is 6.27. The summed E-state index contributed by atoms with van der Waals surface area (Å²) in [5.41, 5.74) is 0. The van der Waals surface area contributed by atoms with Gasteiger partial charge in [0.1, 0.15) is 0 Å². The highest BCUT2D eigenvalue weighted by Crippen LogP contribution is 2.16. The molecule has 0 N–H and O–H groups in total. The molecular weight excluding hydrogens is 252 g/mol. The van der Waals surface area contributed by atoms with Gasteiger partial charge < -0.3 is 4.90 Å². The molecule has 0 fully saturated rings. The fraction of sp³-hybridized carbons (Fsp3) is 0.875. The minimum Gasteiger partial charge on any atom is -0.309 e. The van der Waals surface area contributed by atoms with Crippen LogP contribution in [-0.2, 0) is 9.59 Å². The Hall–Kier alpha value is -0.900. The van der Waals surface area contributed by atoms with Gasteiger partial charge in [0, 0.05) is 19.4 Å². The number of imide groups is 1. The van der Waals surface area contributed by atoms with E-state index in [0.29, 0.717) is 31.2 Å². The molecule has 0 radical (unpaired) electrons. The molecule has 0 unspecified atom stereocenters. The van der Waals surface area contributed by atoms with Crippen LogP contribution in [0.4, 0.5) is 0 Å². The minimum atomic E-state index is -0.0211. The first-order valence-electron chi connectivity index (χ1n) is 7.77. The SMILES string of the molecule is CCCC(=O)N(CCCN(C)C)C(=O)C[C@@H](C)C(C)C. The summed E-state index contributed by atoms with van der Waals surface area (Å²) < 4.78 is 0. The van der Waals surface area contributed by atoms with E-state index in [-0.39, 0.29) is 11.8 Å². The third-order valence-electron chi connectivity index (χ3n) is 3.69. The van der Waals surface area contributed by atoms with Gasteiger partial charge in [-0.05, 0) is 45.3 Å². The molecule has 0 saturated carbocycles. The van der Waals surface area contributed by atoms with Gasteiger partial charge in [0.25, 0.3) is 0 Å². The summed E-state index contributed by atoms with van der Waals surface area (Å²) in [5, 5.41) is 0. The van der Waals surface area contributed by atoms with Gasteiger partial charge in [-0.1, -0.05) is 27.7 Å². The Morgan fingerprint density at radius 2 is 1.60 bits per heavy atom. The second kappa shape index (κ2) is 9.92. The molecule has 0 aliphatic carbocycles. The number of carbonyl (C=O) groups is 2. The van der Waals surface area contributed by atoms with Gasteiger partial charge in [0.2, 0.25) is 11.8 Å². The molecule has 1 atom stereocenters. The highest BCUT2D eigenvalue weighted by atomic mass is 16.2. The van der Waals surface area contributed by atoms with Gasteiger partial charge in [-0.15, -0.1) is 0 Å². The molecule has 0 aromatic rings. The molecule has 0 spiro atoms. The molecule has 0 rings (SSSR count). The Labute approximate surface area is 124 Å². The van der Waals surface area contributed by atoms with Crippen molar-refractivity contribution < 1.29 is 9.59 Å². The molecule has 0 aromatic heterocycles. The standard InChI is InChI=1S/C16H32N2O2/c1-7-9-15(19)18(11-8-10-17(5)6)16(20)12-14(4)13(2)3/h13-14H,7-12H2,1-6H3/t14-/m1/s1. The van der Waals surface area contributed by atoms with Gasteiger partial charge in [-0.25, -0.2) is 0 Å². The van der Waals surface area contributed by atoms with Crippen LogP contribution in [0.25, 0.3) is 0 Å². The zero-order chi connectivity index (χ0) is 15.7. The van der Waals surface area contributed by atoms with E-state index in [4.69, 9.17) is 0 Å². The topological polar surface area (TPSA) is 40.6 Å². The number of hydrogen-bond donors (Lipinski definition) is 0. The molecule has 2 amide bonds. The Morgan fingerprint density at radius 1 is 1.00 bits per heavy atom. The average Bonchev–Trinajstić information content (AvgIpc) is 2.33. The Balaban J connectivity index is 4.57. The van der Waals surface area contributed by atoms with Crippen molar-refractivity contribution in [3.05, 3.63) is 0 Å². The summed E-state index contributed by atoms with van der Waals surface area (Å²) in [6.07, 6.45) is 2.55. The van der Waals surface area contributed by atoms with E-state index in [2.05, 4.69) is 25.7 Å². The van der Waals surface area contributed by atoms with Gasteiger partial charge >= 0.3 is 0 Å². The van der Waals surface area contributed by atoms with E-state index in [1.807, 2.05) is 21.0 Å². The van der Waals surface area contributed by atoms with Crippen molar-refractivity contribution in [2.24, 2.45) is 11.8 Å². The quantitative estimate of drug-likeness (QED) is 0.653. The average molecular weight is 284 g/mol. The van der Waals surface area contributed by atoms with E-state index in [1.54, 1.807) is 0 Å². The maximum atomic E-state index is 12.3. The van der Waals surface area contributed by atoms with Crippen LogP contribution < -0.4 is 0 Å². The highest BCUT2D eigenvalue weighted by Gasteiger charge is 2.23. The molecule has 4 nitrogen and oxygen atoms in total. The van der Waals surface area contributed by atoms with Crippen molar-refractivity contribution in [2.75, 3.05) is 27.2 Å². The third kappa shape index (κ3) is 7.63. The van der Waals surface area contributed by atoms with Crippen LogP contribution in [0.3, 0.4) is 0 Å². The van der Waals surface area contributed by atoms with Crippen LogP contribution in [0, 0.1) is 11.8 Å². The summed E-state index contributed by atoms with van der Waals surface area (Å²) in [6.45, 7) is 9.70. The predicted molar refractivity (Wildman–Crippen MR) is 83.4 cm³/mol. The zero-order valence-electron chi connectivity index (χ0n) is 14.1. The normalized spacial score (nSPS) is 12.8. The minimum absolute atomic E-state index is 0.0107. The fourth-order valence-corrected chi connectivity index (χ4v) is 1.90. The molecular formula is C16H32N2O2. The van der Waals surface area contributed by atoms with Crippen LogP contribution >= 0.6 is 0 Å². The van der Waals surface area contributed by atoms with Crippen molar-refractivity contribution >= 4 is 11.8 Å². The summed E-state index contributed by atoms with van der Waals surface area (Å²) in [7, 11) is 4.00. The largest absolute Gasteiger partial charge is 0.309 e. The van der Waals surface area contributed by atoms with Crippen LogP contribution in [0.1, 0.15) is 53.4 Å². The number of rotatable bonds is 9. The first-order valence-corrected chi connectivity index (χ1v) is 7.77. The lowest BCUT2D eigenvalue weighted by Gasteiger charge is -2.24. The first kappa shape index (κ1) is 19.1. The van der Waals surface area contributed by atoms with Crippen molar-refractivity contribution in [3.8, 4) is 0 Å². The molecule has 4 heteroatoms. The summed E-state index contributed by atoms with van der Waals surface area (Å²) in [4.78, 5) is 28.0. The lowest BCUT2D eigenvalue weighted by molar-refractivity contribution is -0.145.